The van der Waals surface area contributed by atoms with Crippen molar-refractivity contribution in [2.45, 2.75) is 50.2 Å². The normalized spacial score (nSPS) is 37.8. The molecule has 3 aliphatic rings. The number of likely N-dealkylation sites (tertiary alicyclic amines) is 1. The number of hydrogen-bond donors (Lipinski definition) is 1. The van der Waals surface area contributed by atoms with Gasteiger partial charge in [-0.3, -0.25) is 0 Å². The quantitative estimate of drug-likeness (QED) is 0.776. The Morgan fingerprint density at radius 1 is 1.43 bits per heavy atom. The number of urea groups is 1. The predicted octanol–water partition coefficient (Wildman–Crippen LogP) is -0.0184. The first kappa shape index (κ1) is 15.1. The first-order chi connectivity index (χ1) is 9.78. The number of nitrogens with one attached hydrogen (secondary N) is 1. The van der Waals surface area contributed by atoms with Crippen LogP contribution in [0.1, 0.15) is 27.2 Å². The van der Waals surface area contributed by atoms with E-state index in [1.807, 2.05) is 20.8 Å². The lowest BCUT2D eigenvalue weighted by Gasteiger charge is -2.39. The van der Waals surface area contributed by atoms with E-state index in [-0.39, 0.29) is 18.2 Å². The van der Waals surface area contributed by atoms with Gasteiger partial charge in [0.05, 0.1) is 12.6 Å². The topological polar surface area (TPSA) is 79.0 Å². The molecule has 1 spiro atoms. The fourth-order valence-corrected chi connectivity index (χ4v) is 6.05. The molecule has 0 saturated carbocycles. The van der Waals surface area contributed by atoms with E-state index < -0.39 is 20.9 Å². The van der Waals surface area contributed by atoms with Gasteiger partial charge < -0.3 is 15.0 Å². The summed E-state index contributed by atoms with van der Waals surface area (Å²) in [6.45, 7) is 7.28. The molecule has 8 heteroatoms. The molecule has 0 aromatic heterocycles. The van der Waals surface area contributed by atoms with Crippen molar-refractivity contribution >= 4 is 16.1 Å². The van der Waals surface area contributed by atoms with Crippen molar-refractivity contribution in [3.8, 4) is 0 Å². The van der Waals surface area contributed by atoms with Crippen LogP contribution in [0.15, 0.2) is 0 Å². The van der Waals surface area contributed by atoms with E-state index in [1.165, 1.54) is 4.31 Å². The van der Waals surface area contributed by atoms with E-state index in [0.717, 1.165) is 0 Å². The molecule has 2 amide bonds. The Labute approximate surface area is 125 Å². The van der Waals surface area contributed by atoms with Crippen LogP contribution in [0.5, 0.6) is 0 Å². The minimum atomic E-state index is -3.30. The highest BCUT2D eigenvalue weighted by atomic mass is 32.2. The first-order valence-electron chi connectivity index (χ1n) is 7.51. The SMILES string of the molecule is CCN1C[C@]23CN(C(=O)NC(C)C)C[C@H](C[C@H]2S1(=O)=O)O3. The van der Waals surface area contributed by atoms with E-state index in [4.69, 9.17) is 4.74 Å². The predicted molar refractivity (Wildman–Crippen MR) is 77.4 cm³/mol. The van der Waals surface area contributed by atoms with E-state index in [9.17, 15) is 13.2 Å². The Hall–Kier alpha value is -0.860. The molecule has 3 atom stereocenters. The molecule has 0 aliphatic carbocycles. The van der Waals surface area contributed by atoms with Crippen LogP contribution < -0.4 is 5.32 Å². The van der Waals surface area contributed by atoms with Crippen LogP contribution in [-0.2, 0) is 14.8 Å². The van der Waals surface area contributed by atoms with Crippen LogP contribution in [-0.4, -0.2) is 72.8 Å². The molecule has 3 aliphatic heterocycles. The number of rotatable bonds is 2. The summed E-state index contributed by atoms with van der Waals surface area (Å²) in [6.07, 6.45) is 0.319. The monoisotopic (exact) mass is 317 g/mol. The molecule has 2 bridgehead atoms. The minimum absolute atomic E-state index is 0.0609. The molecule has 0 aromatic rings. The van der Waals surface area contributed by atoms with Crippen molar-refractivity contribution in [2.24, 2.45) is 0 Å². The number of carbonyl (C=O) groups is 1. The van der Waals surface area contributed by atoms with Gasteiger partial charge in [-0.15, -0.1) is 0 Å². The zero-order chi connectivity index (χ0) is 15.4. The van der Waals surface area contributed by atoms with Crippen molar-refractivity contribution in [3.63, 3.8) is 0 Å². The Kier molecular flexibility index (Phi) is 3.46. The van der Waals surface area contributed by atoms with Gasteiger partial charge in [0, 0.05) is 25.7 Å². The number of fused-ring (bicyclic) bond motifs is 1. The molecule has 120 valence electrons. The summed E-state index contributed by atoms with van der Waals surface area (Å²) in [7, 11) is -3.30. The van der Waals surface area contributed by atoms with Crippen LogP contribution in [0.2, 0.25) is 0 Å². The van der Waals surface area contributed by atoms with Crippen molar-refractivity contribution in [1.29, 1.82) is 0 Å². The summed E-state index contributed by atoms with van der Waals surface area (Å²) in [5.74, 6) is 0. The zero-order valence-corrected chi connectivity index (χ0v) is 13.5. The van der Waals surface area contributed by atoms with Crippen molar-refractivity contribution in [3.05, 3.63) is 0 Å². The van der Waals surface area contributed by atoms with Crippen molar-refractivity contribution in [1.82, 2.24) is 14.5 Å². The number of amides is 2. The highest BCUT2D eigenvalue weighted by Gasteiger charge is 2.65. The smallest absolute Gasteiger partial charge is 0.317 e. The minimum Gasteiger partial charge on any atom is -0.365 e. The molecule has 0 unspecified atom stereocenters. The molecule has 3 heterocycles. The lowest BCUT2D eigenvalue weighted by molar-refractivity contribution is -0.0953. The number of carbonyl (C=O) groups excluding carboxylic acids is 1. The largest absolute Gasteiger partial charge is 0.365 e. The molecule has 3 fully saturated rings. The Balaban J connectivity index is 1.84. The van der Waals surface area contributed by atoms with Crippen LogP contribution in [0.4, 0.5) is 4.79 Å². The first-order valence-corrected chi connectivity index (χ1v) is 9.01. The maximum Gasteiger partial charge on any atom is 0.317 e. The Morgan fingerprint density at radius 2 is 2.14 bits per heavy atom. The van der Waals surface area contributed by atoms with Gasteiger partial charge in [0.15, 0.2) is 0 Å². The second kappa shape index (κ2) is 4.82. The van der Waals surface area contributed by atoms with Gasteiger partial charge in [-0.2, -0.15) is 4.31 Å². The number of hydrogen-bond acceptors (Lipinski definition) is 4. The molecule has 21 heavy (non-hydrogen) atoms. The van der Waals surface area contributed by atoms with Gasteiger partial charge in [0.1, 0.15) is 10.9 Å². The van der Waals surface area contributed by atoms with Gasteiger partial charge in [-0.05, 0) is 20.3 Å². The van der Waals surface area contributed by atoms with Gasteiger partial charge in [0.25, 0.3) is 0 Å². The van der Waals surface area contributed by atoms with Crippen molar-refractivity contribution < 1.29 is 17.9 Å². The fourth-order valence-electron chi connectivity index (χ4n) is 3.73. The van der Waals surface area contributed by atoms with E-state index in [1.54, 1.807) is 4.90 Å². The summed E-state index contributed by atoms with van der Waals surface area (Å²) < 4.78 is 32.6. The second-order valence-electron chi connectivity index (χ2n) is 6.48. The highest BCUT2D eigenvalue weighted by molar-refractivity contribution is 7.90. The number of morpholine rings is 1. The Bertz CT molecular complexity index is 550. The summed E-state index contributed by atoms with van der Waals surface area (Å²) in [6, 6.07) is -0.0728. The van der Waals surface area contributed by atoms with Gasteiger partial charge in [-0.1, -0.05) is 6.92 Å². The lowest BCUT2D eigenvalue weighted by atomic mass is 9.99. The lowest BCUT2D eigenvalue weighted by Crippen LogP contribution is -2.58. The third kappa shape index (κ3) is 2.24. The molecule has 0 aromatic carbocycles. The maximum absolute atomic E-state index is 12.5. The summed E-state index contributed by atoms with van der Waals surface area (Å²) in [5, 5.41) is 2.36. The maximum atomic E-state index is 12.5. The number of sulfonamides is 1. The van der Waals surface area contributed by atoms with E-state index in [0.29, 0.717) is 32.6 Å². The highest BCUT2D eigenvalue weighted by Crippen LogP contribution is 2.46. The van der Waals surface area contributed by atoms with Crippen LogP contribution in [0, 0.1) is 0 Å². The average Bonchev–Trinajstić information content (AvgIpc) is 2.76. The molecule has 7 nitrogen and oxygen atoms in total. The summed E-state index contributed by atoms with van der Waals surface area (Å²) in [4.78, 5) is 13.9. The molecular weight excluding hydrogens is 294 g/mol. The standard InChI is InChI=1S/C13H23N3O4S/c1-4-16-8-13-7-15(12(17)14-9(2)3)6-10(20-13)5-11(13)21(16,18)19/h9-11H,4-8H2,1-3H3,(H,14,17)/t10-,11+,13+/m0/s1. The second-order valence-corrected chi connectivity index (χ2v) is 8.60. The summed E-state index contributed by atoms with van der Waals surface area (Å²) >= 11 is 0. The third-order valence-electron chi connectivity index (χ3n) is 4.56. The van der Waals surface area contributed by atoms with Gasteiger partial charge in [0.2, 0.25) is 10.0 Å². The van der Waals surface area contributed by atoms with E-state index in [2.05, 4.69) is 5.32 Å². The van der Waals surface area contributed by atoms with Crippen LogP contribution in [0.3, 0.4) is 0 Å². The fraction of sp³-hybridized carbons (Fsp3) is 0.923. The van der Waals surface area contributed by atoms with Crippen LogP contribution >= 0.6 is 0 Å². The van der Waals surface area contributed by atoms with Crippen molar-refractivity contribution in [2.75, 3.05) is 26.2 Å². The van der Waals surface area contributed by atoms with E-state index >= 15 is 0 Å². The van der Waals surface area contributed by atoms with Crippen LogP contribution in [0.25, 0.3) is 0 Å². The molecule has 3 rings (SSSR count). The number of nitrogens with zero attached hydrogens (tertiary/aromatic N) is 2. The molecular formula is C13H23N3O4S. The molecule has 1 N–H and O–H groups in total. The summed E-state index contributed by atoms with van der Waals surface area (Å²) in [5.41, 5.74) is -0.744. The molecule has 3 saturated heterocycles. The number of ether oxygens (including phenoxy) is 1. The molecule has 0 radical (unpaired) electrons. The Morgan fingerprint density at radius 3 is 2.76 bits per heavy atom. The third-order valence-corrected chi connectivity index (χ3v) is 7.01. The van der Waals surface area contributed by atoms with Gasteiger partial charge in [-0.25, -0.2) is 13.2 Å². The average molecular weight is 317 g/mol. The van der Waals surface area contributed by atoms with Gasteiger partial charge >= 0.3 is 6.03 Å². The number of likely N-dealkylation sites (N-methyl/N-ethyl adjacent to an activating group) is 1. The zero-order valence-electron chi connectivity index (χ0n) is 12.7.